The second-order valence-corrected chi connectivity index (χ2v) is 6.98. The first-order chi connectivity index (χ1) is 14.7. The summed E-state index contributed by atoms with van der Waals surface area (Å²) in [6.45, 7) is 0.455. The van der Waals surface area contributed by atoms with Gasteiger partial charge in [-0.15, -0.1) is 5.10 Å². The number of aromatic nitrogens is 5. The number of hydrogen-bond acceptors (Lipinski definition) is 7. The fraction of sp³-hybridized carbons (Fsp3) is 0.250. The molecule has 4 aromatic rings. The van der Waals surface area contributed by atoms with Crippen LogP contribution in [0, 0.1) is 0 Å². The quantitative estimate of drug-likeness (QED) is 0.499. The Morgan fingerprint density at radius 2 is 2.13 bits per heavy atom. The van der Waals surface area contributed by atoms with E-state index >= 15 is 0 Å². The van der Waals surface area contributed by atoms with Crippen molar-refractivity contribution >= 4 is 5.91 Å². The minimum atomic E-state index is -0.404. The fourth-order valence-electron chi connectivity index (χ4n) is 3.20. The molecule has 0 saturated heterocycles. The van der Waals surface area contributed by atoms with E-state index in [9.17, 15) is 9.59 Å². The number of amides is 1. The molecule has 0 spiro atoms. The van der Waals surface area contributed by atoms with Crippen LogP contribution in [0.2, 0.25) is 0 Å². The minimum absolute atomic E-state index is 0.133. The van der Waals surface area contributed by atoms with Gasteiger partial charge in [-0.25, -0.2) is 9.48 Å². The van der Waals surface area contributed by atoms with Crippen molar-refractivity contribution in [2.75, 3.05) is 6.54 Å². The Kier molecular flexibility index (Phi) is 4.51. The van der Waals surface area contributed by atoms with Crippen molar-refractivity contribution in [3.05, 3.63) is 65.2 Å². The van der Waals surface area contributed by atoms with Crippen LogP contribution in [0.1, 0.15) is 29.4 Å². The average molecular weight is 406 g/mol. The highest BCUT2D eigenvalue weighted by Gasteiger charge is 2.30. The van der Waals surface area contributed by atoms with Gasteiger partial charge in [0, 0.05) is 36.6 Å². The normalized spacial score (nSPS) is 13.5. The largest absolute Gasteiger partial charge is 0.461 e. The Hall–Kier alpha value is -3.95. The number of hydrogen-bond donors (Lipinski definition) is 1. The number of rotatable bonds is 7. The zero-order valence-electron chi connectivity index (χ0n) is 15.9. The Morgan fingerprint density at radius 3 is 2.87 bits per heavy atom. The molecule has 5 rings (SSSR count). The van der Waals surface area contributed by atoms with Crippen LogP contribution in [0.4, 0.5) is 0 Å². The highest BCUT2D eigenvalue weighted by Crippen LogP contribution is 2.36. The van der Waals surface area contributed by atoms with Crippen molar-refractivity contribution in [3.8, 4) is 22.9 Å². The van der Waals surface area contributed by atoms with Crippen LogP contribution in [-0.2, 0) is 6.54 Å². The lowest BCUT2D eigenvalue weighted by Gasteiger charge is -2.02. The van der Waals surface area contributed by atoms with Gasteiger partial charge in [0.2, 0.25) is 5.76 Å². The number of nitrogens with zero attached hydrogens (tertiary/aromatic N) is 5. The van der Waals surface area contributed by atoms with Crippen LogP contribution >= 0.6 is 0 Å². The molecule has 0 aliphatic heterocycles. The average Bonchev–Trinajstić information content (AvgIpc) is 3.17. The molecule has 1 amide bonds. The van der Waals surface area contributed by atoms with Crippen LogP contribution < -0.4 is 11.0 Å². The fourth-order valence-corrected chi connectivity index (χ4v) is 3.20. The lowest BCUT2D eigenvalue weighted by atomic mass is 10.3. The molecule has 1 fully saturated rings. The molecule has 0 bridgehead atoms. The van der Waals surface area contributed by atoms with Gasteiger partial charge < -0.3 is 14.3 Å². The van der Waals surface area contributed by atoms with E-state index in [-0.39, 0.29) is 30.5 Å². The second-order valence-electron chi connectivity index (χ2n) is 6.98. The second kappa shape index (κ2) is 7.47. The van der Waals surface area contributed by atoms with E-state index in [2.05, 4.69) is 20.6 Å². The monoisotopic (exact) mass is 406 g/mol. The zero-order valence-corrected chi connectivity index (χ0v) is 15.9. The first kappa shape index (κ1) is 18.1. The highest BCUT2D eigenvalue weighted by molar-refractivity contribution is 5.92. The molecule has 4 heterocycles. The van der Waals surface area contributed by atoms with Gasteiger partial charge in [-0.2, -0.15) is 0 Å². The third-order valence-electron chi connectivity index (χ3n) is 4.82. The van der Waals surface area contributed by atoms with Crippen molar-refractivity contribution < 1.29 is 13.7 Å². The van der Waals surface area contributed by atoms with E-state index in [1.165, 1.54) is 17.0 Å². The molecular weight excluding hydrogens is 388 g/mol. The van der Waals surface area contributed by atoms with Crippen molar-refractivity contribution in [3.63, 3.8) is 0 Å². The molecule has 1 saturated carbocycles. The first-order valence-corrected chi connectivity index (χ1v) is 9.59. The number of carbonyl (C=O) groups excluding carboxylic acids is 1. The SMILES string of the molecule is O=C(NCCn1nc(-c2cccnc2)n(C2CC2)c1=O)c1cc(-c2ccco2)on1. The number of nitrogens with one attached hydrogen (secondary N) is 1. The van der Waals surface area contributed by atoms with Gasteiger partial charge in [0.05, 0.1) is 12.8 Å². The van der Waals surface area contributed by atoms with Gasteiger partial charge >= 0.3 is 5.69 Å². The van der Waals surface area contributed by atoms with Crippen LogP contribution in [0.5, 0.6) is 0 Å². The molecule has 152 valence electrons. The van der Waals surface area contributed by atoms with E-state index in [0.29, 0.717) is 17.3 Å². The number of pyridine rings is 1. The molecule has 4 aromatic heterocycles. The van der Waals surface area contributed by atoms with E-state index in [1.54, 1.807) is 29.1 Å². The van der Waals surface area contributed by atoms with Crippen molar-refractivity contribution in [1.82, 2.24) is 29.8 Å². The molecular formula is C20H18N6O4. The standard InChI is InChI=1S/C20H18N6O4/c27-19(15-11-17(30-24-15)16-4-2-10-29-16)22-8-9-25-20(28)26(14-5-6-14)18(23-25)13-3-1-7-21-12-13/h1-4,7,10-12,14H,5-6,8-9H2,(H,22,27). The van der Waals surface area contributed by atoms with Crippen molar-refractivity contribution in [2.24, 2.45) is 0 Å². The van der Waals surface area contributed by atoms with Crippen LogP contribution in [0.15, 0.2) is 62.7 Å². The maximum absolute atomic E-state index is 12.8. The molecule has 10 heteroatoms. The Bertz CT molecular complexity index is 1220. The van der Waals surface area contributed by atoms with Gasteiger partial charge in [0.1, 0.15) is 0 Å². The number of carbonyl (C=O) groups is 1. The molecule has 1 N–H and O–H groups in total. The maximum Gasteiger partial charge on any atom is 0.346 e. The zero-order chi connectivity index (χ0) is 20.5. The summed E-state index contributed by atoms with van der Waals surface area (Å²) in [5, 5.41) is 11.0. The van der Waals surface area contributed by atoms with E-state index in [4.69, 9.17) is 8.94 Å². The summed E-state index contributed by atoms with van der Waals surface area (Å²) in [6, 6.07) is 8.79. The topological polar surface area (TPSA) is 121 Å². The molecule has 1 aliphatic carbocycles. The predicted octanol–water partition coefficient (Wildman–Crippen LogP) is 2.12. The third kappa shape index (κ3) is 3.43. The van der Waals surface area contributed by atoms with Gasteiger partial charge in [0.25, 0.3) is 5.91 Å². The first-order valence-electron chi connectivity index (χ1n) is 9.59. The molecule has 0 aromatic carbocycles. The smallest absolute Gasteiger partial charge is 0.346 e. The summed E-state index contributed by atoms with van der Waals surface area (Å²) in [5.41, 5.74) is 0.734. The Balaban J connectivity index is 1.28. The highest BCUT2D eigenvalue weighted by atomic mass is 16.5. The lowest BCUT2D eigenvalue weighted by Crippen LogP contribution is -2.32. The minimum Gasteiger partial charge on any atom is -0.461 e. The summed E-state index contributed by atoms with van der Waals surface area (Å²) >= 11 is 0. The number of furan rings is 1. The summed E-state index contributed by atoms with van der Waals surface area (Å²) in [6.07, 6.45) is 6.79. The summed E-state index contributed by atoms with van der Waals surface area (Å²) in [7, 11) is 0. The Morgan fingerprint density at radius 1 is 1.23 bits per heavy atom. The van der Waals surface area contributed by atoms with Crippen LogP contribution in [0.25, 0.3) is 22.9 Å². The van der Waals surface area contributed by atoms with E-state index < -0.39 is 5.91 Å². The van der Waals surface area contributed by atoms with Gasteiger partial charge in [0.15, 0.2) is 17.3 Å². The van der Waals surface area contributed by atoms with Crippen molar-refractivity contribution in [1.29, 1.82) is 0 Å². The maximum atomic E-state index is 12.8. The molecule has 10 nitrogen and oxygen atoms in total. The van der Waals surface area contributed by atoms with E-state index in [0.717, 1.165) is 18.4 Å². The molecule has 0 unspecified atom stereocenters. The van der Waals surface area contributed by atoms with Crippen LogP contribution in [0.3, 0.4) is 0 Å². The summed E-state index contributed by atoms with van der Waals surface area (Å²) in [5.74, 6) is 1.05. The molecule has 0 radical (unpaired) electrons. The van der Waals surface area contributed by atoms with Crippen molar-refractivity contribution in [2.45, 2.75) is 25.4 Å². The van der Waals surface area contributed by atoms with Gasteiger partial charge in [-0.05, 0) is 37.1 Å². The molecule has 30 heavy (non-hydrogen) atoms. The van der Waals surface area contributed by atoms with Gasteiger partial charge in [-0.3, -0.25) is 14.3 Å². The van der Waals surface area contributed by atoms with E-state index in [1.807, 2.05) is 12.1 Å². The Labute approximate surface area is 170 Å². The summed E-state index contributed by atoms with van der Waals surface area (Å²) < 4.78 is 13.4. The molecule has 1 aliphatic rings. The molecule has 0 atom stereocenters. The third-order valence-corrected chi connectivity index (χ3v) is 4.82. The lowest BCUT2D eigenvalue weighted by molar-refractivity contribution is 0.0942. The van der Waals surface area contributed by atoms with Gasteiger partial charge in [-0.1, -0.05) is 5.16 Å². The summed E-state index contributed by atoms with van der Waals surface area (Å²) in [4.78, 5) is 29.3. The predicted molar refractivity (Wildman–Crippen MR) is 105 cm³/mol. The van der Waals surface area contributed by atoms with Crippen LogP contribution in [-0.4, -0.2) is 36.9 Å².